The molecule has 0 amide bonds. The van der Waals surface area contributed by atoms with E-state index in [0.29, 0.717) is 5.41 Å². The Labute approximate surface area is 119 Å². The van der Waals surface area contributed by atoms with Crippen LogP contribution < -0.4 is 5.32 Å². The number of hydrogen-bond acceptors (Lipinski definition) is 3. The van der Waals surface area contributed by atoms with Crippen LogP contribution in [-0.4, -0.2) is 50.8 Å². The van der Waals surface area contributed by atoms with Gasteiger partial charge in [0.05, 0.1) is 0 Å². The molecule has 2 aliphatic rings. The first kappa shape index (κ1) is 15.3. The predicted molar refractivity (Wildman–Crippen MR) is 80.5 cm³/mol. The van der Waals surface area contributed by atoms with Gasteiger partial charge in [0, 0.05) is 32.8 Å². The highest BCUT2D eigenvalue weighted by Gasteiger charge is 2.34. The largest absolute Gasteiger partial charge is 0.381 e. The molecule has 0 unspecified atom stereocenters. The van der Waals surface area contributed by atoms with E-state index in [4.69, 9.17) is 4.74 Å². The van der Waals surface area contributed by atoms with Crippen LogP contribution in [0.5, 0.6) is 0 Å². The highest BCUT2D eigenvalue weighted by atomic mass is 16.5. The topological polar surface area (TPSA) is 24.5 Å². The van der Waals surface area contributed by atoms with E-state index < -0.39 is 0 Å². The van der Waals surface area contributed by atoms with Crippen LogP contribution in [0.2, 0.25) is 0 Å². The summed E-state index contributed by atoms with van der Waals surface area (Å²) < 4.78 is 5.59. The molecule has 1 aliphatic heterocycles. The summed E-state index contributed by atoms with van der Waals surface area (Å²) in [6, 6.07) is 0. The van der Waals surface area contributed by atoms with Crippen molar-refractivity contribution in [2.45, 2.75) is 46.0 Å². The van der Waals surface area contributed by atoms with Crippen LogP contribution in [-0.2, 0) is 4.74 Å². The molecule has 3 nitrogen and oxygen atoms in total. The zero-order valence-corrected chi connectivity index (χ0v) is 12.9. The van der Waals surface area contributed by atoms with Crippen molar-refractivity contribution in [2.24, 2.45) is 11.3 Å². The third kappa shape index (κ3) is 4.44. The Morgan fingerprint density at radius 2 is 1.95 bits per heavy atom. The van der Waals surface area contributed by atoms with Crippen LogP contribution in [0.15, 0.2) is 0 Å². The van der Waals surface area contributed by atoms with Crippen LogP contribution in [0, 0.1) is 11.3 Å². The van der Waals surface area contributed by atoms with Gasteiger partial charge < -0.3 is 15.0 Å². The van der Waals surface area contributed by atoms with E-state index in [-0.39, 0.29) is 0 Å². The SMILES string of the molecule is CCNCC1(CN(CC)CC2CCC2)CCOCC1. The molecule has 0 bridgehead atoms. The third-order valence-corrected chi connectivity index (χ3v) is 5.05. The molecule has 1 aliphatic carbocycles. The fourth-order valence-electron chi connectivity index (χ4n) is 3.41. The number of nitrogens with one attached hydrogen (secondary N) is 1. The maximum atomic E-state index is 5.59. The molecule has 2 fully saturated rings. The molecule has 0 aromatic carbocycles. The second kappa shape index (κ2) is 7.61. The van der Waals surface area contributed by atoms with Crippen molar-refractivity contribution >= 4 is 0 Å². The summed E-state index contributed by atoms with van der Waals surface area (Å²) in [5, 5.41) is 3.59. The Balaban J connectivity index is 1.88. The lowest BCUT2D eigenvalue weighted by Crippen LogP contribution is -2.48. The number of rotatable bonds is 8. The summed E-state index contributed by atoms with van der Waals surface area (Å²) in [4.78, 5) is 2.70. The van der Waals surface area contributed by atoms with E-state index >= 15 is 0 Å². The Kier molecular flexibility index (Phi) is 6.11. The van der Waals surface area contributed by atoms with Gasteiger partial charge >= 0.3 is 0 Å². The fourth-order valence-corrected chi connectivity index (χ4v) is 3.41. The summed E-state index contributed by atoms with van der Waals surface area (Å²) in [6.07, 6.45) is 6.82. The fraction of sp³-hybridized carbons (Fsp3) is 1.00. The minimum Gasteiger partial charge on any atom is -0.381 e. The highest BCUT2D eigenvalue weighted by Crippen LogP contribution is 2.33. The summed E-state index contributed by atoms with van der Waals surface area (Å²) in [7, 11) is 0. The molecule has 2 rings (SSSR count). The minimum atomic E-state index is 0.452. The van der Waals surface area contributed by atoms with Crippen molar-refractivity contribution in [1.82, 2.24) is 10.2 Å². The molecular formula is C16H32N2O. The van der Waals surface area contributed by atoms with Crippen molar-refractivity contribution in [1.29, 1.82) is 0 Å². The standard InChI is InChI=1S/C16H32N2O/c1-3-17-13-16(8-10-19-11-9-16)14-18(4-2)12-15-6-5-7-15/h15,17H,3-14H2,1-2H3. The molecule has 1 saturated heterocycles. The van der Waals surface area contributed by atoms with Crippen molar-refractivity contribution in [3.05, 3.63) is 0 Å². The lowest BCUT2D eigenvalue weighted by Gasteiger charge is -2.42. The lowest BCUT2D eigenvalue weighted by molar-refractivity contribution is -0.00758. The predicted octanol–water partition coefficient (Wildman–Crippen LogP) is 2.51. The third-order valence-electron chi connectivity index (χ3n) is 5.05. The van der Waals surface area contributed by atoms with Gasteiger partial charge in [-0.3, -0.25) is 0 Å². The number of hydrogen-bond donors (Lipinski definition) is 1. The van der Waals surface area contributed by atoms with E-state index in [0.717, 1.165) is 32.2 Å². The van der Waals surface area contributed by atoms with Gasteiger partial charge in [-0.2, -0.15) is 0 Å². The summed E-state index contributed by atoms with van der Waals surface area (Å²) in [5.74, 6) is 0.982. The summed E-state index contributed by atoms with van der Waals surface area (Å²) in [5.41, 5.74) is 0.452. The molecule has 1 heterocycles. The molecule has 3 heteroatoms. The molecule has 0 atom stereocenters. The zero-order valence-electron chi connectivity index (χ0n) is 12.9. The molecule has 0 radical (unpaired) electrons. The molecule has 112 valence electrons. The van der Waals surface area contributed by atoms with Gasteiger partial charge in [0.15, 0.2) is 0 Å². The van der Waals surface area contributed by atoms with Crippen LogP contribution in [0.3, 0.4) is 0 Å². The van der Waals surface area contributed by atoms with Crippen LogP contribution in [0.25, 0.3) is 0 Å². The van der Waals surface area contributed by atoms with Gasteiger partial charge in [-0.15, -0.1) is 0 Å². The molecule has 1 saturated carbocycles. The molecule has 19 heavy (non-hydrogen) atoms. The highest BCUT2D eigenvalue weighted by molar-refractivity contribution is 4.88. The van der Waals surface area contributed by atoms with Gasteiger partial charge in [-0.05, 0) is 50.1 Å². The van der Waals surface area contributed by atoms with E-state index in [1.165, 1.54) is 51.7 Å². The normalized spacial score (nSPS) is 23.5. The van der Waals surface area contributed by atoms with Crippen LogP contribution in [0.1, 0.15) is 46.0 Å². The molecule has 1 N–H and O–H groups in total. The van der Waals surface area contributed by atoms with E-state index in [2.05, 4.69) is 24.1 Å². The Hall–Kier alpha value is -0.120. The van der Waals surface area contributed by atoms with E-state index in [9.17, 15) is 0 Å². The van der Waals surface area contributed by atoms with Gasteiger partial charge in [-0.1, -0.05) is 20.3 Å². The smallest absolute Gasteiger partial charge is 0.0472 e. The summed E-state index contributed by atoms with van der Waals surface area (Å²) >= 11 is 0. The van der Waals surface area contributed by atoms with Crippen molar-refractivity contribution in [3.63, 3.8) is 0 Å². The van der Waals surface area contributed by atoms with Gasteiger partial charge in [0.2, 0.25) is 0 Å². The van der Waals surface area contributed by atoms with Gasteiger partial charge in [0.1, 0.15) is 0 Å². The average molecular weight is 268 g/mol. The minimum absolute atomic E-state index is 0.452. The first-order valence-corrected chi connectivity index (χ1v) is 8.29. The number of ether oxygens (including phenoxy) is 1. The molecule has 0 spiro atoms. The van der Waals surface area contributed by atoms with Crippen molar-refractivity contribution < 1.29 is 4.74 Å². The first-order valence-electron chi connectivity index (χ1n) is 8.29. The second-order valence-corrected chi connectivity index (χ2v) is 6.52. The van der Waals surface area contributed by atoms with E-state index in [1.807, 2.05) is 0 Å². The summed E-state index contributed by atoms with van der Waals surface area (Å²) in [6.45, 7) is 12.5. The maximum Gasteiger partial charge on any atom is 0.0472 e. The number of nitrogens with zero attached hydrogens (tertiary/aromatic N) is 1. The maximum absolute atomic E-state index is 5.59. The Bertz CT molecular complexity index is 247. The van der Waals surface area contributed by atoms with Crippen molar-refractivity contribution in [2.75, 3.05) is 45.9 Å². The second-order valence-electron chi connectivity index (χ2n) is 6.52. The molecule has 0 aromatic rings. The zero-order chi connectivity index (χ0) is 13.6. The Morgan fingerprint density at radius 1 is 1.21 bits per heavy atom. The van der Waals surface area contributed by atoms with Gasteiger partial charge in [0.25, 0.3) is 0 Å². The van der Waals surface area contributed by atoms with Crippen molar-refractivity contribution in [3.8, 4) is 0 Å². The van der Waals surface area contributed by atoms with E-state index in [1.54, 1.807) is 0 Å². The van der Waals surface area contributed by atoms with Crippen LogP contribution in [0.4, 0.5) is 0 Å². The lowest BCUT2D eigenvalue weighted by atomic mass is 9.78. The quantitative estimate of drug-likeness (QED) is 0.732. The molecular weight excluding hydrogens is 236 g/mol. The monoisotopic (exact) mass is 268 g/mol. The van der Waals surface area contributed by atoms with Gasteiger partial charge in [-0.25, -0.2) is 0 Å². The average Bonchev–Trinajstić information content (AvgIpc) is 2.40. The Morgan fingerprint density at radius 3 is 2.47 bits per heavy atom. The van der Waals surface area contributed by atoms with Crippen LogP contribution >= 0.6 is 0 Å². The first-order chi connectivity index (χ1) is 9.28. The molecule has 0 aromatic heterocycles.